The summed E-state index contributed by atoms with van der Waals surface area (Å²) in [4.78, 5) is 11.1. The largest absolute Gasteiger partial charge is 0.354 e. The summed E-state index contributed by atoms with van der Waals surface area (Å²) in [6.07, 6.45) is 3.86. The van der Waals surface area contributed by atoms with Crippen molar-refractivity contribution in [1.82, 2.24) is 20.1 Å². The van der Waals surface area contributed by atoms with Crippen LogP contribution in [0.2, 0.25) is 0 Å². The molecule has 6 heteroatoms. The molecule has 1 aromatic rings. The van der Waals surface area contributed by atoms with E-state index in [1.54, 1.807) is 0 Å². The van der Waals surface area contributed by atoms with Crippen molar-refractivity contribution >= 4 is 18.1 Å². The van der Waals surface area contributed by atoms with Crippen molar-refractivity contribution in [2.24, 2.45) is 0 Å². The van der Waals surface area contributed by atoms with E-state index in [2.05, 4.69) is 20.1 Å². The lowest BCUT2D eigenvalue weighted by Crippen LogP contribution is -2.36. The molecule has 5 nitrogen and oxygen atoms in total. The highest BCUT2D eigenvalue weighted by Crippen LogP contribution is 2.40. The fourth-order valence-corrected chi connectivity index (χ4v) is 2.53. The van der Waals surface area contributed by atoms with E-state index in [0.29, 0.717) is 23.7 Å². The minimum atomic E-state index is 0.138. The van der Waals surface area contributed by atoms with Gasteiger partial charge in [0.05, 0.1) is 6.04 Å². The molecule has 1 aromatic heterocycles. The van der Waals surface area contributed by atoms with Crippen molar-refractivity contribution in [1.29, 1.82) is 0 Å². The number of nitrogens with zero attached hydrogens (tertiary/aromatic N) is 2. The molecule has 2 fully saturated rings. The second-order valence-corrected chi connectivity index (χ2v) is 4.91. The van der Waals surface area contributed by atoms with Gasteiger partial charge in [-0.2, -0.15) is 5.10 Å². The van der Waals surface area contributed by atoms with Crippen molar-refractivity contribution in [3.05, 3.63) is 10.6 Å². The first kappa shape index (κ1) is 10.0. The second-order valence-electron chi connectivity index (χ2n) is 4.53. The molecule has 1 aliphatic heterocycles. The third-order valence-electron chi connectivity index (χ3n) is 3.28. The first-order valence-electron chi connectivity index (χ1n) is 5.69. The molecule has 2 N–H and O–H groups in total. The lowest BCUT2D eigenvalue weighted by molar-refractivity contribution is -0.122. The van der Waals surface area contributed by atoms with Crippen LogP contribution in [-0.4, -0.2) is 27.2 Å². The Kier molecular flexibility index (Phi) is 2.31. The Morgan fingerprint density at radius 1 is 1.38 bits per heavy atom. The fourth-order valence-electron chi connectivity index (χ4n) is 2.24. The maximum Gasteiger partial charge on any atom is 0.220 e. The summed E-state index contributed by atoms with van der Waals surface area (Å²) < 4.78 is 2.79. The number of piperidine rings is 1. The normalized spacial score (nSPS) is 25.5. The quantitative estimate of drug-likeness (QED) is 0.763. The lowest BCUT2D eigenvalue weighted by atomic mass is 10.1. The van der Waals surface area contributed by atoms with Crippen LogP contribution in [0.1, 0.15) is 43.5 Å². The molecule has 3 rings (SSSR count). The zero-order chi connectivity index (χ0) is 11.1. The van der Waals surface area contributed by atoms with E-state index in [-0.39, 0.29) is 11.9 Å². The Morgan fingerprint density at radius 3 is 2.81 bits per heavy atom. The molecule has 2 aliphatic rings. The van der Waals surface area contributed by atoms with Crippen molar-refractivity contribution in [2.75, 3.05) is 6.54 Å². The summed E-state index contributed by atoms with van der Waals surface area (Å²) in [7, 11) is 0. The molecule has 1 aliphatic carbocycles. The standard InChI is InChI=1S/C10H14N4OS/c15-8-4-3-7(5-11-8)14-9(6-1-2-6)12-13-10(14)16/h6-7H,1-5H2,(H,11,15)(H,13,16). The number of rotatable bonds is 2. The van der Waals surface area contributed by atoms with Crippen LogP contribution in [0.5, 0.6) is 0 Å². The first-order valence-corrected chi connectivity index (χ1v) is 6.10. The number of aromatic amines is 1. The molecule has 1 amide bonds. The SMILES string of the molecule is O=C1CCC(n2c(C3CC3)n[nH]c2=S)CN1. The minimum Gasteiger partial charge on any atom is -0.354 e. The van der Waals surface area contributed by atoms with Gasteiger partial charge >= 0.3 is 0 Å². The highest BCUT2D eigenvalue weighted by atomic mass is 32.1. The highest BCUT2D eigenvalue weighted by Gasteiger charge is 2.32. The molecule has 0 bridgehead atoms. The van der Waals surface area contributed by atoms with Gasteiger partial charge in [-0.15, -0.1) is 0 Å². The monoisotopic (exact) mass is 238 g/mol. The maximum atomic E-state index is 11.1. The van der Waals surface area contributed by atoms with Crippen molar-refractivity contribution < 1.29 is 4.79 Å². The van der Waals surface area contributed by atoms with Gasteiger partial charge in [-0.25, -0.2) is 0 Å². The van der Waals surface area contributed by atoms with Gasteiger partial charge < -0.3 is 5.32 Å². The Bertz CT molecular complexity index is 463. The van der Waals surface area contributed by atoms with Crippen LogP contribution in [0.3, 0.4) is 0 Å². The average Bonchev–Trinajstić information content (AvgIpc) is 3.05. The smallest absolute Gasteiger partial charge is 0.220 e. The van der Waals surface area contributed by atoms with Gasteiger partial charge in [0.1, 0.15) is 5.82 Å². The van der Waals surface area contributed by atoms with Gasteiger partial charge in [0, 0.05) is 18.9 Å². The number of aromatic nitrogens is 3. The van der Waals surface area contributed by atoms with Gasteiger partial charge in [0.2, 0.25) is 5.91 Å². The molecule has 1 saturated carbocycles. The van der Waals surface area contributed by atoms with Crippen LogP contribution in [0.15, 0.2) is 0 Å². The Hall–Kier alpha value is -1.17. The summed E-state index contributed by atoms with van der Waals surface area (Å²) >= 11 is 5.26. The van der Waals surface area contributed by atoms with Gasteiger partial charge in [-0.05, 0) is 31.5 Å². The van der Waals surface area contributed by atoms with E-state index in [1.807, 2.05) is 0 Å². The van der Waals surface area contributed by atoms with E-state index in [1.165, 1.54) is 12.8 Å². The molecule has 2 heterocycles. The van der Waals surface area contributed by atoms with Gasteiger partial charge in [0.15, 0.2) is 4.77 Å². The molecule has 1 saturated heterocycles. The lowest BCUT2D eigenvalue weighted by Gasteiger charge is -2.24. The molecule has 16 heavy (non-hydrogen) atoms. The molecular weight excluding hydrogens is 224 g/mol. The molecule has 1 unspecified atom stereocenters. The van der Waals surface area contributed by atoms with E-state index < -0.39 is 0 Å². The van der Waals surface area contributed by atoms with Crippen LogP contribution in [-0.2, 0) is 4.79 Å². The third kappa shape index (κ3) is 1.67. The molecule has 1 atom stereocenters. The van der Waals surface area contributed by atoms with Crippen LogP contribution >= 0.6 is 12.2 Å². The predicted molar refractivity (Wildman–Crippen MR) is 60.7 cm³/mol. The number of amides is 1. The van der Waals surface area contributed by atoms with Crippen LogP contribution in [0.25, 0.3) is 0 Å². The minimum absolute atomic E-state index is 0.138. The van der Waals surface area contributed by atoms with Crippen molar-refractivity contribution in [2.45, 2.75) is 37.6 Å². The molecule has 0 radical (unpaired) electrons. The molecule has 86 valence electrons. The van der Waals surface area contributed by atoms with Crippen molar-refractivity contribution in [3.8, 4) is 0 Å². The Morgan fingerprint density at radius 2 is 2.19 bits per heavy atom. The Balaban J connectivity index is 1.90. The number of hydrogen-bond donors (Lipinski definition) is 2. The predicted octanol–water partition coefficient (Wildman–Crippen LogP) is 1.27. The summed E-state index contributed by atoms with van der Waals surface area (Å²) in [5.74, 6) is 1.79. The van der Waals surface area contributed by atoms with E-state index in [9.17, 15) is 4.79 Å². The molecule has 0 aromatic carbocycles. The van der Waals surface area contributed by atoms with Gasteiger partial charge in [0.25, 0.3) is 0 Å². The summed E-state index contributed by atoms with van der Waals surface area (Å²) in [6, 6.07) is 0.277. The highest BCUT2D eigenvalue weighted by molar-refractivity contribution is 7.71. The average molecular weight is 238 g/mol. The van der Waals surface area contributed by atoms with E-state index in [0.717, 1.165) is 12.2 Å². The molecule has 0 spiro atoms. The fraction of sp³-hybridized carbons (Fsp3) is 0.700. The first-order chi connectivity index (χ1) is 7.75. The van der Waals surface area contributed by atoms with Gasteiger partial charge in [-0.3, -0.25) is 14.5 Å². The van der Waals surface area contributed by atoms with Crippen LogP contribution in [0.4, 0.5) is 0 Å². The van der Waals surface area contributed by atoms with Crippen LogP contribution < -0.4 is 5.32 Å². The number of carbonyl (C=O) groups is 1. The number of H-pyrrole nitrogens is 1. The van der Waals surface area contributed by atoms with E-state index >= 15 is 0 Å². The van der Waals surface area contributed by atoms with Crippen LogP contribution in [0, 0.1) is 4.77 Å². The number of hydrogen-bond acceptors (Lipinski definition) is 3. The van der Waals surface area contributed by atoms with E-state index in [4.69, 9.17) is 12.2 Å². The molecular formula is C10H14N4OS. The van der Waals surface area contributed by atoms with Crippen molar-refractivity contribution in [3.63, 3.8) is 0 Å². The topological polar surface area (TPSA) is 62.7 Å². The third-order valence-corrected chi connectivity index (χ3v) is 3.57. The summed E-state index contributed by atoms with van der Waals surface area (Å²) in [5.41, 5.74) is 0. The second kappa shape index (κ2) is 3.69. The number of nitrogens with one attached hydrogen (secondary N) is 2. The summed E-state index contributed by atoms with van der Waals surface area (Å²) in [5, 5.41) is 10.1. The maximum absolute atomic E-state index is 11.1. The zero-order valence-electron chi connectivity index (χ0n) is 8.90. The number of carbonyl (C=O) groups excluding carboxylic acids is 1. The zero-order valence-corrected chi connectivity index (χ0v) is 9.72. The summed E-state index contributed by atoms with van der Waals surface area (Å²) in [6.45, 7) is 0.673. The van der Waals surface area contributed by atoms with Gasteiger partial charge in [-0.1, -0.05) is 0 Å². The Labute approximate surface area is 98.2 Å².